The molecular weight excluding hydrogens is 412 g/mol. The number of hydrogen-bond acceptors (Lipinski definition) is 5. The Morgan fingerprint density at radius 3 is 2.52 bits per heavy atom. The van der Waals surface area contributed by atoms with Crippen LogP contribution in [0.3, 0.4) is 0 Å². The van der Waals surface area contributed by atoms with Crippen molar-refractivity contribution in [2.24, 2.45) is 0 Å². The van der Waals surface area contributed by atoms with Gasteiger partial charge in [0.1, 0.15) is 0 Å². The summed E-state index contributed by atoms with van der Waals surface area (Å²) >= 11 is 0. The maximum atomic E-state index is 13.3. The molecule has 8 heteroatoms. The molecule has 3 heterocycles. The number of carbonyl (C=O) groups is 2. The van der Waals surface area contributed by atoms with Gasteiger partial charge in [-0.3, -0.25) is 9.59 Å². The molecule has 0 aromatic heterocycles. The van der Waals surface area contributed by atoms with Crippen molar-refractivity contribution < 1.29 is 18.0 Å². The Morgan fingerprint density at radius 1 is 0.966 bits per heavy atom. The van der Waals surface area contributed by atoms with Crippen molar-refractivity contribution in [3.05, 3.63) is 59.2 Å². The Labute approximate surface area is 175 Å². The number of sulfone groups is 1. The summed E-state index contributed by atoms with van der Waals surface area (Å²) in [6.07, 6.45) is 2.84. The van der Waals surface area contributed by atoms with Crippen molar-refractivity contribution in [1.82, 2.24) is 10.2 Å². The molecule has 2 bridgehead atoms. The van der Waals surface area contributed by atoms with Crippen LogP contribution < -0.4 is 5.32 Å². The summed E-state index contributed by atoms with van der Waals surface area (Å²) in [5, 5.41) is 3.36. The van der Waals surface area contributed by atoms with E-state index in [-0.39, 0.29) is 57.1 Å². The zero-order chi connectivity index (χ0) is 19.5. The predicted octanol–water partition coefficient (Wildman–Crippen LogP) is 2.45. The standard InChI is InChI=1S/C21H20N2O4S.ClH/c24-20-16-3-1-2-4-18(16)28(26,27)19-11-13(5-8-17(19)20)21(25)23-14-6-7-15(23)12-22-10-9-14;/h1-5,8,11,14-15,22H,6-7,9-10,12H2;1H. The van der Waals surface area contributed by atoms with Gasteiger partial charge in [0.2, 0.25) is 9.84 Å². The predicted molar refractivity (Wildman–Crippen MR) is 109 cm³/mol. The van der Waals surface area contributed by atoms with Crippen molar-refractivity contribution in [3.63, 3.8) is 0 Å². The normalized spacial score (nSPS) is 24.1. The largest absolute Gasteiger partial charge is 0.331 e. The molecule has 2 atom stereocenters. The lowest BCUT2D eigenvalue weighted by Gasteiger charge is -2.28. The van der Waals surface area contributed by atoms with E-state index in [4.69, 9.17) is 0 Å². The highest BCUT2D eigenvalue weighted by Gasteiger charge is 2.40. The molecule has 0 aliphatic carbocycles. The van der Waals surface area contributed by atoms with Gasteiger partial charge < -0.3 is 10.2 Å². The Hall–Kier alpha value is -2.22. The van der Waals surface area contributed by atoms with Crippen LogP contribution in [0.2, 0.25) is 0 Å². The lowest BCUT2D eigenvalue weighted by Crippen LogP contribution is -2.42. The van der Waals surface area contributed by atoms with E-state index in [1.165, 1.54) is 24.3 Å². The van der Waals surface area contributed by atoms with E-state index in [0.717, 1.165) is 32.4 Å². The monoisotopic (exact) mass is 432 g/mol. The number of rotatable bonds is 1. The molecule has 1 amide bonds. The van der Waals surface area contributed by atoms with Crippen molar-refractivity contribution in [3.8, 4) is 0 Å². The summed E-state index contributed by atoms with van der Waals surface area (Å²) in [6.45, 7) is 1.64. The van der Waals surface area contributed by atoms with Gasteiger partial charge >= 0.3 is 0 Å². The number of fused-ring (bicyclic) bond motifs is 4. The van der Waals surface area contributed by atoms with Gasteiger partial charge in [-0.2, -0.15) is 0 Å². The highest BCUT2D eigenvalue weighted by molar-refractivity contribution is 7.91. The van der Waals surface area contributed by atoms with Gasteiger partial charge in [-0.05, 0) is 56.1 Å². The van der Waals surface area contributed by atoms with Crippen LogP contribution in [0.25, 0.3) is 0 Å². The smallest absolute Gasteiger partial charge is 0.254 e. The van der Waals surface area contributed by atoms with E-state index < -0.39 is 9.84 Å². The molecule has 2 saturated heterocycles. The number of benzene rings is 2. The van der Waals surface area contributed by atoms with Crippen molar-refractivity contribution in [1.29, 1.82) is 0 Å². The Balaban J connectivity index is 0.00000205. The molecule has 2 fully saturated rings. The number of amides is 1. The summed E-state index contributed by atoms with van der Waals surface area (Å²) in [6, 6.07) is 11.0. The molecule has 2 aromatic rings. The quantitative estimate of drug-likeness (QED) is 0.638. The summed E-state index contributed by atoms with van der Waals surface area (Å²) in [5.74, 6) is -0.473. The minimum Gasteiger partial charge on any atom is -0.331 e. The van der Waals surface area contributed by atoms with Crippen molar-refractivity contribution in [2.75, 3.05) is 13.1 Å². The lowest BCUT2D eigenvalue weighted by atomic mass is 10.0. The number of halogens is 1. The van der Waals surface area contributed by atoms with Gasteiger partial charge in [-0.15, -0.1) is 12.4 Å². The molecule has 1 N–H and O–H groups in total. The topological polar surface area (TPSA) is 83.5 Å². The van der Waals surface area contributed by atoms with Gasteiger partial charge in [0.05, 0.1) is 9.79 Å². The first-order chi connectivity index (χ1) is 13.5. The van der Waals surface area contributed by atoms with Gasteiger partial charge in [0, 0.05) is 35.3 Å². The zero-order valence-electron chi connectivity index (χ0n) is 15.6. The number of nitrogens with one attached hydrogen (secondary N) is 1. The average Bonchev–Trinajstić information content (AvgIpc) is 2.98. The molecule has 29 heavy (non-hydrogen) atoms. The SMILES string of the molecule is Cl.O=C1c2ccccc2S(=O)(=O)c2cc(C(=O)N3C4CCNCC3CC4)ccc21. The number of ketones is 1. The van der Waals surface area contributed by atoms with Crippen molar-refractivity contribution >= 4 is 33.9 Å². The van der Waals surface area contributed by atoms with E-state index >= 15 is 0 Å². The van der Waals surface area contributed by atoms with Crippen LogP contribution in [-0.2, 0) is 9.84 Å². The highest BCUT2D eigenvalue weighted by atomic mass is 35.5. The van der Waals surface area contributed by atoms with Crippen LogP contribution in [-0.4, -0.2) is 50.2 Å². The maximum absolute atomic E-state index is 13.3. The van der Waals surface area contributed by atoms with Gasteiger partial charge in [0.25, 0.3) is 5.91 Å². The van der Waals surface area contributed by atoms with Gasteiger partial charge in [-0.25, -0.2) is 8.42 Å². The Bertz CT molecular complexity index is 1100. The number of hydrogen-bond donors (Lipinski definition) is 1. The molecule has 2 aromatic carbocycles. The molecule has 2 unspecified atom stereocenters. The molecule has 3 aliphatic rings. The second-order valence-electron chi connectivity index (χ2n) is 7.63. The third-order valence-electron chi connectivity index (χ3n) is 6.07. The molecule has 6 nitrogen and oxygen atoms in total. The highest BCUT2D eigenvalue weighted by Crippen LogP contribution is 2.36. The average molecular weight is 433 g/mol. The minimum atomic E-state index is -3.84. The van der Waals surface area contributed by atoms with Crippen LogP contribution in [0.5, 0.6) is 0 Å². The first kappa shape index (κ1) is 20.1. The molecular formula is C21H21ClN2O4S. The van der Waals surface area contributed by atoms with Crippen LogP contribution >= 0.6 is 12.4 Å². The summed E-state index contributed by atoms with van der Waals surface area (Å²) in [7, 11) is -3.84. The van der Waals surface area contributed by atoms with E-state index in [0.29, 0.717) is 5.56 Å². The maximum Gasteiger partial charge on any atom is 0.254 e. The molecule has 3 aliphatic heterocycles. The van der Waals surface area contributed by atoms with E-state index in [1.807, 2.05) is 4.90 Å². The van der Waals surface area contributed by atoms with Crippen LogP contribution in [0, 0.1) is 0 Å². The first-order valence-corrected chi connectivity index (χ1v) is 11.0. The summed E-state index contributed by atoms with van der Waals surface area (Å²) in [5.41, 5.74) is 0.648. The van der Waals surface area contributed by atoms with Crippen molar-refractivity contribution in [2.45, 2.75) is 41.1 Å². The Kier molecular flexibility index (Phi) is 5.01. The van der Waals surface area contributed by atoms with Gasteiger partial charge in [0.15, 0.2) is 5.78 Å². The summed E-state index contributed by atoms with van der Waals surface area (Å²) < 4.78 is 26.2. The lowest BCUT2D eigenvalue weighted by molar-refractivity contribution is 0.0679. The molecule has 0 radical (unpaired) electrons. The van der Waals surface area contributed by atoms with E-state index in [2.05, 4.69) is 5.32 Å². The third kappa shape index (κ3) is 2.99. The molecule has 0 saturated carbocycles. The minimum absolute atomic E-state index is 0. The fraction of sp³-hybridized carbons (Fsp3) is 0.333. The third-order valence-corrected chi connectivity index (χ3v) is 7.92. The molecule has 5 rings (SSSR count). The zero-order valence-corrected chi connectivity index (χ0v) is 17.3. The fourth-order valence-electron chi connectivity index (χ4n) is 4.68. The van der Waals surface area contributed by atoms with Crippen LogP contribution in [0.1, 0.15) is 45.5 Å². The van der Waals surface area contributed by atoms with Crippen LogP contribution in [0.4, 0.5) is 0 Å². The van der Waals surface area contributed by atoms with Gasteiger partial charge in [-0.1, -0.05) is 12.1 Å². The van der Waals surface area contributed by atoms with E-state index in [1.54, 1.807) is 18.2 Å². The molecule has 152 valence electrons. The number of carbonyl (C=O) groups excluding carboxylic acids is 2. The first-order valence-electron chi connectivity index (χ1n) is 9.55. The fourth-order valence-corrected chi connectivity index (χ4v) is 6.36. The molecule has 0 spiro atoms. The number of nitrogens with zero attached hydrogens (tertiary/aromatic N) is 1. The second-order valence-corrected chi connectivity index (χ2v) is 9.52. The van der Waals surface area contributed by atoms with E-state index in [9.17, 15) is 18.0 Å². The Morgan fingerprint density at radius 2 is 1.69 bits per heavy atom. The summed E-state index contributed by atoms with van der Waals surface area (Å²) in [4.78, 5) is 27.9. The second kappa shape index (κ2) is 7.23. The van der Waals surface area contributed by atoms with Crippen LogP contribution in [0.15, 0.2) is 52.3 Å².